The van der Waals surface area contributed by atoms with E-state index >= 15 is 0 Å². The van der Waals surface area contributed by atoms with Gasteiger partial charge in [0.1, 0.15) is 11.5 Å². The van der Waals surface area contributed by atoms with Gasteiger partial charge in [0.2, 0.25) is 0 Å². The molecule has 0 aliphatic carbocycles. The zero-order valence-corrected chi connectivity index (χ0v) is 34.8. The lowest BCUT2D eigenvalue weighted by molar-refractivity contribution is 1.10. The van der Waals surface area contributed by atoms with E-state index in [1.165, 1.54) is 0 Å². The van der Waals surface area contributed by atoms with E-state index in [0.29, 0.717) is 5.82 Å². The van der Waals surface area contributed by atoms with Gasteiger partial charge in [0.15, 0.2) is 5.82 Å². The van der Waals surface area contributed by atoms with Crippen LogP contribution in [0.5, 0.6) is 0 Å². The van der Waals surface area contributed by atoms with E-state index in [4.69, 9.17) is 15.0 Å². The summed E-state index contributed by atoms with van der Waals surface area (Å²) >= 11 is 0. The molecule has 5 nitrogen and oxygen atoms in total. The van der Waals surface area contributed by atoms with Crippen LogP contribution < -0.4 is 0 Å². The van der Waals surface area contributed by atoms with E-state index in [1.54, 1.807) is 0 Å². The number of hydrogen-bond donors (Lipinski definition) is 0. The average Bonchev–Trinajstić information content (AvgIpc) is 3.94. The molecule has 64 heavy (non-hydrogen) atoms. The highest BCUT2D eigenvalue weighted by atomic mass is 15.1. The molecule has 0 amide bonds. The third-order valence-electron chi connectivity index (χ3n) is 12.1. The van der Waals surface area contributed by atoms with Crippen LogP contribution >= 0.6 is 0 Å². The molecule has 0 unspecified atom stereocenters. The van der Waals surface area contributed by atoms with Gasteiger partial charge in [-0.1, -0.05) is 170 Å². The van der Waals surface area contributed by atoms with E-state index in [0.717, 1.165) is 106 Å². The van der Waals surface area contributed by atoms with Crippen LogP contribution in [0.15, 0.2) is 237 Å². The van der Waals surface area contributed by atoms with Crippen LogP contribution in [0.1, 0.15) is 0 Å². The fourth-order valence-electron chi connectivity index (χ4n) is 9.12. The minimum absolute atomic E-state index is 0.679. The summed E-state index contributed by atoms with van der Waals surface area (Å²) in [7, 11) is 0. The maximum atomic E-state index is 5.39. The van der Waals surface area contributed by atoms with Gasteiger partial charge in [-0.2, -0.15) is 0 Å². The molecular weight excluding hydrogens is 779 g/mol. The maximum absolute atomic E-state index is 5.39. The number of para-hydroxylation sites is 5. The Hall–Kier alpha value is -8.67. The topological polar surface area (TPSA) is 48.5 Å². The van der Waals surface area contributed by atoms with E-state index in [-0.39, 0.29) is 0 Å². The molecule has 3 heterocycles. The van der Waals surface area contributed by atoms with Crippen LogP contribution in [-0.4, -0.2) is 24.1 Å². The highest BCUT2D eigenvalue weighted by molar-refractivity contribution is 6.14. The Bertz CT molecular complexity index is 3660. The molecule has 0 radical (unpaired) electrons. The molecule has 300 valence electrons. The standard InChI is InChI=1S/C59H39N5/c1-4-18-40(19-5-1)56-55-51-32-10-12-34-53(51)63(49-28-6-2-7-29-49)59(55)62-57(61-56)47-26-16-24-45(38-47)43-22-14-20-41(36-43)42-21-15-23-44(37-42)46-25-17-27-48(39-46)58-60-52-33-11-13-35-54(52)64(58)50-30-8-3-9-31-50/h1-39H. The summed E-state index contributed by atoms with van der Waals surface area (Å²) in [5.74, 6) is 1.60. The van der Waals surface area contributed by atoms with Gasteiger partial charge in [-0.25, -0.2) is 15.0 Å². The van der Waals surface area contributed by atoms with Crippen molar-refractivity contribution in [3.05, 3.63) is 237 Å². The van der Waals surface area contributed by atoms with Crippen LogP contribution in [-0.2, 0) is 0 Å². The Morgan fingerprint density at radius 2 is 0.734 bits per heavy atom. The zero-order chi connectivity index (χ0) is 42.4. The van der Waals surface area contributed by atoms with Crippen molar-refractivity contribution < 1.29 is 0 Å². The molecule has 9 aromatic carbocycles. The second-order valence-electron chi connectivity index (χ2n) is 16.1. The fourth-order valence-corrected chi connectivity index (χ4v) is 9.12. The van der Waals surface area contributed by atoms with Crippen LogP contribution in [0.4, 0.5) is 0 Å². The number of nitrogens with zero attached hydrogens (tertiary/aromatic N) is 5. The molecule has 0 atom stereocenters. The number of fused-ring (bicyclic) bond motifs is 4. The molecule has 3 aromatic heterocycles. The molecule has 12 rings (SSSR count). The van der Waals surface area contributed by atoms with Crippen molar-refractivity contribution in [2.24, 2.45) is 0 Å². The lowest BCUT2D eigenvalue weighted by Crippen LogP contribution is -1.99. The molecular formula is C59H39N5. The summed E-state index contributed by atoms with van der Waals surface area (Å²) in [6.45, 7) is 0. The first-order chi connectivity index (χ1) is 31.7. The van der Waals surface area contributed by atoms with Gasteiger partial charge in [-0.15, -0.1) is 0 Å². The number of benzene rings is 9. The highest BCUT2D eigenvalue weighted by Gasteiger charge is 2.21. The number of imidazole rings is 1. The molecule has 12 aromatic rings. The summed E-state index contributed by atoms with van der Waals surface area (Å²) in [5, 5.41) is 2.16. The number of hydrogen-bond acceptors (Lipinski definition) is 3. The average molecular weight is 818 g/mol. The van der Waals surface area contributed by atoms with Gasteiger partial charge in [0.05, 0.1) is 27.6 Å². The van der Waals surface area contributed by atoms with Crippen LogP contribution in [0.3, 0.4) is 0 Å². The van der Waals surface area contributed by atoms with Crippen molar-refractivity contribution in [2.45, 2.75) is 0 Å². The molecule has 0 N–H and O–H groups in total. The van der Waals surface area contributed by atoms with Gasteiger partial charge in [-0.3, -0.25) is 9.13 Å². The molecule has 0 fully saturated rings. The van der Waals surface area contributed by atoms with Gasteiger partial charge in [0.25, 0.3) is 0 Å². The quantitative estimate of drug-likeness (QED) is 0.153. The Kier molecular flexibility index (Phi) is 9.08. The fraction of sp³-hybridized carbons (Fsp3) is 0. The van der Waals surface area contributed by atoms with Crippen molar-refractivity contribution in [3.8, 4) is 78.8 Å². The minimum atomic E-state index is 0.679. The predicted molar refractivity (Wildman–Crippen MR) is 264 cm³/mol. The normalized spacial score (nSPS) is 11.4. The summed E-state index contributed by atoms with van der Waals surface area (Å²) < 4.78 is 4.52. The van der Waals surface area contributed by atoms with Gasteiger partial charge in [0, 0.05) is 33.5 Å². The third kappa shape index (κ3) is 6.55. The predicted octanol–water partition coefficient (Wildman–Crippen LogP) is 14.9. The lowest BCUT2D eigenvalue weighted by Gasteiger charge is -2.12. The first kappa shape index (κ1) is 37.1. The Morgan fingerprint density at radius 1 is 0.297 bits per heavy atom. The van der Waals surface area contributed by atoms with Crippen molar-refractivity contribution in [1.29, 1.82) is 0 Å². The number of aromatic nitrogens is 5. The maximum Gasteiger partial charge on any atom is 0.162 e. The molecule has 0 saturated carbocycles. The molecule has 0 aliphatic heterocycles. The zero-order valence-electron chi connectivity index (χ0n) is 34.8. The number of rotatable bonds is 8. The lowest BCUT2D eigenvalue weighted by atomic mass is 9.95. The monoisotopic (exact) mass is 817 g/mol. The summed E-state index contributed by atoms with van der Waals surface area (Å²) in [6, 6.07) is 83.2. The van der Waals surface area contributed by atoms with E-state index in [2.05, 4.69) is 228 Å². The summed E-state index contributed by atoms with van der Waals surface area (Å²) in [6.07, 6.45) is 0. The van der Waals surface area contributed by atoms with Crippen LogP contribution in [0, 0.1) is 0 Å². The van der Waals surface area contributed by atoms with Crippen LogP contribution in [0.25, 0.3) is 112 Å². The smallest absolute Gasteiger partial charge is 0.162 e. The second-order valence-corrected chi connectivity index (χ2v) is 16.1. The molecule has 0 spiro atoms. The third-order valence-corrected chi connectivity index (χ3v) is 12.1. The first-order valence-corrected chi connectivity index (χ1v) is 21.6. The van der Waals surface area contributed by atoms with Crippen molar-refractivity contribution >= 4 is 33.0 Å². The molecule has 0 saturated heterocycles. The Morgan fingerprint density at radius 3 is 1.34 bits per heavy atom. The van der Waals surface area contributed by atoms with Gasteiger partial charge in [-0.05, 0) is 100 Å². The Labute approximate surface area is 370 Å². The molecule has 0 bridgehead atoms. The van der Waals surface area contributed by atoms with E-state index < -0.39 is 0 Å². The van der Waals surface area contributed by atoms with E-state index in [1.807, 2.05) is 18.2 Å². The van der Waals surface area contributed by atoms with Crippen molar-refractivity contribution in [3.63, 3.8) is 0 Å². The second kappa shape index (κ2) is 15.7. The van der Waals surface area contributed by atoms with Gasteiger partial charge < -0.3 is 0 Å². The summed E-state index contributed by atoms with van der Waals surface area (Å²) in [5.41, 5.74) is 16.9. The largest absolute Gasteiger partial charge is 0.294 e. The van der Waals surface area contributed by atoms with Crippen LogP contribution in [0.2, 0.25) is 0 Å². The Balaban J connectivity index is 0.922. The SMILES string of the molecule is c1ccc(-c2nc(-c3cccc(-c4cccc(-c5cccc(-c6cccc(-c7nc8ccccc8n7-c7ccccc7)c6)c5)c4)c3)nc3c2c2ccccc2n3-c2ccccc2)cc1. The molecule has 5 heteroatoms. The first-order valence-electron chi connectivity index (χ1n) is 21.6. The minimum Gasteiger partial charge on any atom is -0.294 e. The van der Waals surface area contributed by atoms with Crippen molar-refractivity contribution in [1.82, 2.24) is 24.1 Å². The molecule has 0 aliphatic rings. The van der Waals surface area contributed by atoms with Crippen molar-refractivity contribution in [2.75, 3.05) is 0 Å². The van der Waals surface area contributed by atoms with Gasteiger partial charge >= 0.3 is 0 Å². The van der Waals surface area contributed by atoms with E-state index in [9.17, 15) is 0 Å². The highest BCUT2D eigenvalue weighted by Crippen LogP contribution is 2.39. The summed E-state index contributed by atoms with van der Waals surface area (Å²) in [4.78, 5) is 15.9.